The molecule has 8 nitrogen and oxygen atoms in total. The molecule has 24 heavy (non-hydrogen) atoms. The number of hydrogen-bond acceptors (Lipinski definition) is 4. The quantitative estimate of drug-likeness (QED) is 0.862. The van der Waals surface area contributed by atoms with E-state index in [9.17, 15) is 9.59 Å². The monoisotopic (exact) mass is 339 g/mol. The fourth-order valence-corrected chi connectivity index (χ4v) is 2.10. The Kier molecular flexibility index (Phi) is 6.62. The Balaban J connectivity index is 2.37. The van der Waals surface area contributed by atoms with Crippen molar-refractivity contribution in [2.75, 3.05) is 25.5 Å². The number of amides is 3. The van der Waals surface area contributed by atoms with E-state index in [4.69, 9.17) is 4.74 Å². The Morgan fingerprint density at radius 1 is 1.42 bits per heavy atom. The standard InChI is InChI=1S/C16H29N5O3/c1-11(10-20(6)15(23)24-16(3,4)5)9-17-14(22)18-13-8-12(2)19-21(13)7/h8,11H,9-10H2,1-7H3,(H2,17,18,22). The van der Waals surface area contributed by atoms with Crippen LogP contribution in [0.3, 0.4) is 0 Å². The van der Waals surface area contributed by atoms with E-state index >= 15 is 0 Å². The lowest BCUT2D eigenvalue weighted by Gasteiger charge is -2.26. The lowest BCUT2D eigenvalue weighted by atomic mass is 10.1. The average Bonchev–Trinajstić information content (AvgIpc) is 2.72. The summed E-state index contributed by atoms with van der Waals surface area (Å²) in [7, 11) is 3.45. The van der Waals surface area contributed by atoms with Gasteiger partial charge in [-0.1, -0.05) is 6.92 Å². The van der Waals surface area contributed by atoms with Gasteiger partial charge < -0.3 is 15.0 Å². The van der Waals surface area contributed by atoms with E-state index in [0.29, 0.717) is 18.9 Å². The molecular formula is C16H29N5O3. The zero-order valence-corrected chi connectivity index (χ0v) is 15.6. The second-order valence-electron chi connectivity index (χ2n) is 7.10. The molecule has 1 aromatic rings. The van der Waals surface area contributed by atoms with Gasteiger partial charge in [-0.15, -0.1) is 0 Å². The number of carbonyl (C=O) groups is 2. The number of hydrogen-bond donors (Lipinski definition) is 2. The average molecular weight is 339 g/mol. The number of urea groups is 1. The van der Waals surface area contributed by atoms with Gasteiger partial charge in [-0.25, -0.2) is 9.59 Å². The van der Waals surface area contributed by atoms with E-state index in [0.717, 1.165) is 5.69 Å². The van der Waals surface area contributed by atoms with Crippen LogP contribution in [0.1, 0.15) is 33.4 Å². The largest absolute Gasteiger partial charge is 0.444 e. The molecule has 1 atom stereocenters. The molecule has 0 bridgehead atoms. The summed E-state index contributed by atoms with van der Waals surface area (Å²) in [6, 6.07) is 1.49. The molecule has 0 aromatic carbocycles. The first-order chi connectivity index (χ1) is 11.0. The van der Waals surface area contributed by atoms with Gasteiger partial charge in [0.15, 0.2) is 0 Å². The van der Waals surface area contributed by atoms with Crippen molar-refractivity contribution in [2.24, 2.45) is 13.0 Å². The zero-order chi connectivity index (χ0) is 18.5. The van der Waals surface area contributed by atoms with E-state index in [1.165, 1.54) is 4.90 Å². The highest BCUT2D eigenvalue weighted by Crippen LogP contribution is 2.10. The molecule has 0 fully saturated rings. The number of aryl methyl sites for hydroxylation is 2. The van der Waals surface area contributed by atoms with Crippen molar-refractivity contribution in [3.8, 4) is 0 Å². The summed E-state index contributed by atoms with van der Waals surface area (Å²) >= 11 is 0. The van der Waals surface area contributed by atoms with Gasteiger partial charge in [0.2, 0.25) is 0 Å². The third-order valence-electron chi connectivity index (χ3n) is 3.15. The Morgan fingerprint density at radius 3 is 2.54 bits per heavy atom. The molecule has 136 valence electrons. The molecule has 3 amide bonds. The lowest BCUT2D eigenvalue weighted by molar-refractivity contribution is 0.0278. The number of anilines is 1. The Morgan fingerprint density at radius 2 is 2.04 bits per heavy atom. The van der Waals surface area contributed by atoms with Crippen LogP contribution in [0.2, 0.25) is 0 Å². The number of nitrogens with zero attached hydrogens (tertiary/aromatic N) is 3. The molecular weight excluding hydrogens is 310 g/mol. The number of rotatable bonds is 5. The van der Waals surface area contributed by atoms with Crippen LogP contribution in [0.5, 0.6) is 0 Å². The third kappa shape index (κ3) is 6.89. The van der Waals surface area contributed by atoms with Gasteiger partial charge in [0.25, 0.3) is 0 Å². The summed E-state index contributed by atoms with van der Waals surface area (Å²) < 4.78 is 6.90. The van der Waals surface area contributed by atoms with Crippen LogP contribution in [-0.2, 0) is 11.8 Å². The molecule has 0 saturated heterocycles. The summed E-state index contributed by atoms with van der Waals surface area (Å²) in [6.07, 6.45) is -0.371. The van der Waals surface area contributed by atoms with Crippen LogP contribution in [0.15, 0.2) is 6.07 Å². The Bertz CT molecular complexity index is 577. The van der Waals surface area contributed by atoms with Crippen molar-refractivity contribution in [1.29, 1.82) is 0 Å². The molecule has 0 saturated carbocycles. The summed E-state index contributed by atoms with van der Waals surface area (Å²) in [5.74, 6) is 0.713. The SMILES string of the molecule is Cc1cc(NC(=O)NCC(C)CN(C)C(=O)OC(C)(C)C)n(C)n1. The number of ether oxygens (including phenoxy) is 1. The topological polar surface area (TPSA) is 88.5 Å². The van der Waals surface area contributed by atoms with E-state index in [2.05, 4.69) is 15.7 Å². The van der Waals surface area contributed by atoms with Gasteiger partial charge in [0.05, 0.1) is 5.69 Å². The van der Waals surface area contributed by atoms with Crippen molar-refractivity contribution in [3.05, 3.63) is 11.8 Å². The molecule has 8 heteroatoms. The second-order valence-corrected chi connectivity index (χ2v) is 7.10. The maximum absolute atomic E-state index is 11.9. The van der Waals surface area contributed by atoms with Gasteiger partial charge in [0.1, 0.15) is 11.4 Å². The van der Waals surface area contributed by atoms with Crippen molar-refractivity contribution in [1.82, 2.24) is 20.0 Å². The van der Waals surface area contributed by atoms with Gasteiger partial charge in [-0.05, 0) is 33.6 Å². The van der Waals surface area contributed by atoms with E-state index < -0.39 is 5.60 Å². The summed E-state index contributed by atoms with van der Waals surface area (Å²) in [4.78, 5) is 25.3. The molecule has 0 radical (unpaired) electrons. The maximum atomic E-state index is 11.9. The maximum Gasteiger partial charge on any atom is 0.410 e. The molecule has 0 aliphatic heterocycles. The Hall–Kier alpha value is -2.25. The minimum atomic E-state index is -0.520. The van der Waals surface area contributed by atoms with E-state index in [-0.39, 0.29) is 18.0 Å². The molecule has 0 spiro atoms. The lowest BCUT2D eigenvalue weighted by Crippen LogP contribution is -2.40. The molecule has 0 aliphatic rings. The van der Waals surface area contributed by atoms with Crippen LogP contribution in [0.25, 0.3) is 0 Å². The fourth-order valence-electron chi connectivity index (χ4n) is 2.10. The van der Waals surface area contributed by atoms with E-state index in [1.807, 2.05) is 34.6 Å². The minimum Gasteiger partial charge on any atom is -0.444 e. The second kappa shape index (κ2) is 8.03. The van der Waals surface area contributed by atoms with Crippen LogP contribution >= 0.6 is 0 Å². The van der Waals surface area contributed by atoms with Gasteiger partial charge in [-0.2, -0.15) is 5.10 Å². The van der Waals surface area contributed by atoms with Crippen LogP contribution < -0.4 is 10.6 Å². The molecule has 2 N–H and O–H groups in total. The normalized spacial score (nSPS) is 12.5. The molecule has 1 rings (SSSR count). The predicted octanol–water partition coefficient (Wildman–Crippen LogP) is 2.35. The summed E-state index contributed by atoms with van der Waals surface area (Å²) in [5.41, 5.74) is 0.314. The van der Waals surface area contributed by atoms with Gasteiger partial charge in [-0.3, -0.25) is 10.00 Å². The molecule has 1 aromatic heterocycles. The van der Waals surface area contributed by atoms with Crippen molar-refractivity contribution >= 4 is 17.9 Å². The highest BCUT2D eigenvalue weighted by molar-refractivity contribution is 5.88. The van der Waals surface area contributed by atoms with Crippen LogP contribution in [0, 0.1) is 12.8 Å². The van der Waals surface area contributed by atoms with Crippen molar-refractivity contribution in [2.45, 2.75) is 40.2 Å². The van der Waals surface area contributed by atoms with Crippen LogP contribution in [-0.4, -0.2) is 52.5 Å². The van der Waals surface area contributed by atoms with E-state index in [1.54, 1.807) is 24.8 Å². The first-order valence-electron chi connectivity index (χ1n) is 7.97. The number of aromatic nitrogens is 2. The van der Waals surface area contributed by atoms with Gasteiger partial charge >= 0.3 is 12.1 Å². The summed E-state index contributed by atoms with van der Waals surface area (Å²) in [6.45, 7) is 10.2. The highest BCUT2D eigenvalue weighted by atomic mass is 16.6. The number of nitrogens with one attached hydrogen (secondary N) is 2. The third-order valence-corrected chi connectivity index (χ3v) is 3.15. The predicted molar refractivity (Wildman–Crippen MR) is 93.0 cm³/mol. The smallest absolute Gasteiger partial charge is 0.410 e. The van der Waals surface area contributed by atoms with Crippen molar-refractivity contribution in [3.63, 3.8) is 0 Å². The molecule has 1 unspecified atom stereocenters. The molecule has 0 aliphatic carbocycles. The van der Waals surface area contributed by atoms with Crippen LogP contribution in [0.4, 0.5) is 15.4 Å². The number of carbonyl (C=O) groups excluding carboxylic acids is 2. The summed E-state index contributed by atoms with van der Waals surface area (Å²) in [5, 5.41) is 9.69. The zero-order valence-electron chi connectivity index (χ0n) is 15.6. The van der Waals surface area contributed by atoms with Gasteiger partial charge in [0, 0.05) is 33.3 Å². The first kappa shape index (κ1) is 19.8. The highest BCUT2D eigenvalue weighted by Gasteiger charge is 2.21. The Labute approximate surface area is 143 Å². The fraction of sp³-hybridized carbons (Fsp3) is 0.688. The molecule has 1 heterocycles. The first-order valence-corrected chi connectivity index (χ1v) is 7.97. The minimum absolute atomic E-state index is 0.0848. The van der Waals surface area contributed by atoms with Crippen molar-refractivity contribution < 1.29 is 14.3 Å².